The van der Waals surface area contributed by atoms with E-state index in [9.17, 15) is 18.8 Å². The molecule has 2 amide bonds. The van der Waals surface area contributed by atoms with Gasteiger partial charge in [-0.1, -0.05) is 24.3 Å². The highest BCUT2D eigenvalue weighted by atomic mass is 19.1. The van der Waals surface area contributed by atoms with Gasteiger partial charge in [-0.15, -0.1) is 0 Å². The summed E-state index contributed by atoms with van der Waals surface area (Å²) in [5.41, 5.74) is 0.214. The standard InChI is InChI=1S/C22H25FN2O5/c1-22(2,3)30-21(28)24-17-10-7-9-15(12-17)20(27)29-14-19(26)25(4)13-16-8-5-6-11-18(16)23/h5-12H,13-14H2,1-4H3,(H,24,28). The molecule has 0 aliphatic carbocycles. The van der Waals surface area contributed by atoms with E-state index in [-0.39, 0.29) is 12.1 Å². The predicted octanol–water partition coefficient (Wildman–Crippen LogP) is 3.99. The number of esters is 1. The third-order valence-electron chi connectivity index (χ3n) is 3.86. The summed E-state index contributed by atoms with van der Waals surface area (Å²) in [6.07, 6.45) is -0.655. The number of hydrogen-bond acceptors (Lipinski definition) is 5. The summed E-state index contributed by atoms with van der Waals surface area (Å²) in [6, 6.07) is 12.2. The summed E-state index contributed by atoms with van der Waals surface area (Å²) in [5, 5.41) is 2.53. The van der Waals surface area contributed by atoms with E-state index in [2.05, 4.69) is 5.32 Å². The molecule has 0 radical (unpaired) electrons. The second kappa shape index (κ2) is 9.87. The van der Waals surface area contributed by atoms with E-state index in [1.807, 2.05) is 0 Å². The van der Waals surface area contributed by atoms with Crippen molar-refractivity contribution in [3.05, 3.63) is 65.5 Å². The molecule has 0 atom stereocenters. The Kier molecular flexibility index (Phi) is 7.52. The van der Waals surface area contributed by atoms with Gasteiger partial charge in [0.15, 0.2) is 6.61 Å². The first kappa shape index (κ1) is 22.9. The molecule has 0 aromatic heterocycles. The number of benzene rings is 2. The van der Waals surface area contributed by atoms with Crippen molar-refractivity contribution in [2.45, 2.75) is 32.9 Å². The Bertz CT molecular complexity index is 924. The van der Waals surface area contributed by atoms with Crippen LogP contribution in [-0.4, -0.2) is 42.1 Å². The Balaban J connectivity index is 1.90. The summed E-state index contributed by atoms with van der Waals surface area (Å²) < 4.78 is 23.9. The molecule has 2 rings (SSSR count). The maximum absolute atomic E-state index is 13.7. The molecule has 0 saturated heterocycles. The maximum atomic E-state index is 13.7. The molecular weight excluding hydrogens is 391 g/mol. The molecule has 2 aromatic rings. The second-order valence-electron chi connectivity index (χ2n) is 7.63. The SMILES string of the molecule is CN(Cc1ccccc1F)C(=O)COC(=O)c1cccc(NC(=O)OC(C)(C)C)c1. The quantitative estimate of drug-likeness (QED) is 0.720. The average Bonchev–Trinajstić information content (AvgIpc) is 2.66. The van der Waals surface area contributed by atoms with Gasteiger partial charge >= 0.3 is 12.1 Å². The molecule has 0 aliphatic rings. The summed E-state index contributed by atoms with van der Waals surface area (Å²) >= 11 is 0. The Morgan fingerprint density at radius 1 is 1.07 bits per heavy atom. The molecule has 2 aromatic carbocycles. The first-order chi connectivity index (χ1) is 14.0. The van der Waals surface area contributed by atoms with Gasteiger partial charge in [0.2, 0.25) is 0 Å². The molecule has 0 unspecified atom stereocenters. The zero-order valence-electron chi connectivity index (χ0n) is 17.4. The second-order valence-corrected chi connectivity index (χ2v) is 7.63. The summed E-state index contributed by atoms with van der Waals surface area (Å²) in [7, 11) is 1.49. The van der Waals surface area contributed by atoms with Crippen molar-refractivity contribution in [3.63, 3.8) is 0 Å². The van der Waals surface area contributed by atoms with Crippen molar-refractivity contribution in [2.75, 3.05) is 19.0 Å². The molecule has 30 heavy (non-hydrogen) atoms. The first-order valence-corrected chi connectivity index (χ1v) is 9.30. The van der Waals surface area contributed by atoms with Crippen LogP contribution in [0.1, 0.15) is 36.7 Å². The lowest BCUT2D eigenvalue weighted by Crippen LogP contribution is -2.31. The fourth-order valence-electron chi connectivity index (χ4n) is 2.44. The molecular formula is C22H25FN2O5. The van der Waals surface area contributed by atoms with Crippen molar-refractivity contribution in [2.24, 2.45) is 0 Å². The Hall–Kier alpha value is -3.42. The van der Waals surface area contributed by atoms with Crippen molar-refractivity contribution in [1.82, 2.24) is 4.90 Å². The summed E-state index contributed by atoms with van der Waals surface area (Å²) in [5.74, 6) is -1.62. The molecule has 0 heterocycles. The number of nitrogens with zero attached hydrogens (tertiary/aromatic N) is 1. The first-order valence-electron chi connectivity index (χ1n) is 9.30. The third-order valence-corrected chi connectivity index (χ3v) is 3.86. The number of hydrogen-bond donors (Lipinski definition) is 1. The van der Waals surface area contributed by atoms with E-state index in [4.69, 9.17) is 9.47 Å². The predicted molar refractivity (Wildman–Crippen MR) is 109 cm³/mol. The van der Waals surface area contributed by atoms with Crippen LogP contribution in [0.15, 0.2) is 48.5 Å². The third kappa shape index (κ3) is 7.20. The van der Waals surface area contributed by atoms with Crippen molar-refractivity contribution < 1.29 is 28.2 Å². The maximum Gasteiger partial charge on any atom is 0.412 e. The van der Waals surface area contributed by atoms with E-state index in [1.165, 1.54) is 30.1 Å². The highest BCUT2D eigenvalue weighted by Crippen LogP contribution is 2.15. The highest BCUT2D eigenvalue weighted by Gasteiger charge is 2.18. The van der Waals surface area contributed by atoms with Crippen LogP contribution in [0.2, 0.25) is 0 Å². The lowest BCUT2D eigenvalue weighted by atomic mass is 10.2. The Labute approximate surface area is 174 Å². The molecule has 0 saturated carbocycles. The van der Waals surface area contributed by atoms with Crippen LogP contribution >= 0.6 is 0 Å². The van der Waals surface area contributed by atoms with E-state index in [0.29, 0.717) is 11.3 Å². The van der Waals surface area contributed by atoms with Gasteiger partial charge in [0, 0.05) is 24.8 Å². The Morgan fingerprint density at radius 3 is 2.43 bits per heavy atom. The number of likely N-dealkylation sites (N-methyl/N-ethyl adjacent to an activating group) is 1. The monoisotopic (exact) mass is 416 g/mol. The van der Waals surface area contributed by atoms with Crippen LogP contribution in [0.3, 0.4) is 0 Å². The number of nitrogens with one attached hydrogen (secondary N) is 1. The molecule has 1 N–H and O–H groups in total. The topological polar surface area (TPSA) is 84.9 Å². The van der Waals surface area contributed by atoms with Crippen LogP contribution in [0.4, 0.5) is 14.9 Å². The largest absolute Gasteiger partial charge is 0.452 e. The van der Waals surface area contributed by atoms with Gasteiger partial charge in [0.05, 0.1) is 5.56 Å². The summed E-state index contributed by atoms with van der Waals surface area (Å²) in [4.78, 5) is 37.6. The van der Waals surface area contributed by atoms with Crippen molar-refractivity contribution in [3.8, 4) is 0 Å². The fraction of sp³-hybridized carbons (Fsp3) is 0.318. The molecule has 160 valence electrons. The number of rotatable bonds is 6. The van der Waals surface area contributed by atoms with Gasteiger partial charge in [-0.05, 0) is 45.0 Å². The summed E-state index contributed by atoms with van der Waals surface area (Å²) in [6.45, 7) is 4.77. The number of carbonyl (C=O) groups excluding carboxylic acids is 3. The van der Waals surface area contributed by atoms with Gasteiger partial charge in [0.25, 0.3) is 5.91 Å². The zero-order chi connectivity index (χ0) is 22.3. The van der Waals surface area contributed by atoms with E-state index < -0.39 is 36.0 Å². The fourth-order valence-corrected chi connectivity index (χ4v) is 2.44. The van der Waals surface area contributed by atoms with Crippen LogP contribution in [-0.2, 0) is 20.8 Å². The zero-order valence-corrected chi connectivity index (χ0v) is 17.4. The molecule has 0 fully saturated rings. The molecule has 7 nitrogen and oxygen atoms in total. The minimum Gasteiger partial charge on any atom is -0.452 e. The van der Waals surface area contributed by atoms with Crippen LogP contribution in [0.25, 0.3) is 0 Å². The van der Waals surface area contributed by atoms with E-state index in [0.717, 1.165) is 0 Å². The number of anilines is 1. The van der Waals surface area contributed by atoms with Crippen molar-refractivity contribution in [1.29, 1.82) is 0 Å². The number of amides is 2. The van der Waals surface area contributed by atoms with Gasteiger partial charge in [0.1, 0.15) is 11.4 Å². The lowest BCUT2D eigenvalue weighted by molar-refractivity contribution is -0.133. The van der Waals surface area contributed by atoms with E-state index in [1.54, 1.807) is 51.1 Å². The molecule has 8 heteroatoms. The molecule has 0 aliphatic heterocycles. The van der Waals surface area contributed by atoms with Gasteiger partial charge < -0.3 is 14.4 Å². The number of halogens is 1. The van der Waals surface area contributed by atoms with Crippen LogP contribution < -0.4 is 5.32 Å². The smallest absolute Gasteiger partial charge is 0.412 e. The highest BCUT2D eigenvalue weighted by molar-refractivity contribution is 5.93. The molecule has 0 spiro atoms. The Morgan fingerprint density at radius 2 is 1.77 bits per heavy atom. The van der Waals surface area contributed by atoms with E-state index >= 15 is 0 Å². The number of ether oxygens (including phenoxy) is 2. The minimum atomic E-state index is -0.726. The van der Waals surface area contributed by atoms with Gasteiger partial charge in [-0.2, -0.15) is 0 Å². The number of carbonyl (C=O) groups is 3. The minimum absolute atomic E-state index is 0.0539. The van der Waals surface area contributed by atoms with Gasteiger partial charge in [-0.25, -0.2) is 14.0 Å². The normalized spacial score (nSPS) is 10.8. The average molecular weight is 416 g/mol. The van der Waals surface area contributed by atoms with Crippen molar-refractivity contribution >= 4 is 23.7 Å². The van der Waals surface area contributed by atoms with Crippen LogP contribution in [0.5, 0.6) is 0 Å². The van der Waals surface area contributed by atoms with Crippen LogP contribution in [0, 0.1) is 5.82 Å². The lowest BCUT2D eigenvalue weighted by Gasteiger charge is -2.19. The van der Waals surface area contributed by atoms with Gasteiger partial charge in [-0.3, -0.25) is 10.1 Å². The molecule has 0 bridgehead atoms.